The number of hydrogen-bond acceptors (Lipinski definition) is 0. The second-order valence-corrected chi connectivity index (χ2v) is 2.70. The molecular weight excluding hydrogens is 144 g/mol. The molecule has 0 fully saturated rings. The molecule has 0 aromatic heterocycles. The van der Waals surface area contributed by atoms with Crippen molar-refractivity contribution in [2.75, 3.05) is 0 Å². The summed E-state index contributed by atoms with van der Waals surface area (Å²) in [5.74, 6) is 0. The van der Waals surface area contributed by atoms with Crippen LogP contribution in [0.2, 0.25) is 0 Å². The van der Waals surface area contributed by atoms with Gasteiger partial charge in [0.05, 0.1) is 0 Å². The Morgan fingerprint density at radius 3 is 2.00 bits per heavy atom. The van der Waals surface area contributed by atoms with Gasteiger partial charge in [0.1, 0.15) is 0 Å². The Balaban J connectivity index is 2.41. The molecule has 0 heteroatoms. The summed E-state index contributed by atoms with van der Waals surface area (Å²) in [6, 6.07) is 0. The maximum Gasteiger partial charge on any atom is -0.0130 e. The molecule has 0 saturated heterocycles. The molecule has 0 atom stereocenters. The fraction of sp³-hybridized carbons (Fsp3) is 0.250. The summed E-state index contributed by atoms with van der Waals surface area (Å²) in [5.41, 5.74) is 0. The van der Waals surface area contributed by atoms with E-state index in [0.717, 1.165) is 19.3 Å². The second-order valence-electron chi connectivity index (χ2n) is 2.70. The minimum Gasteiger partial charge on any atom is -0.0876 e. The molecule has 0 bridgehead atoms. The van der Waals surface area contributed by atoms with Crippen molar-refractivity contribution in [3.8, 4) is 0 Å². The highest BCUT2D eigenvalue weighted by atomic mass is 13.8. The molecule has 1 radical (unpaired) electrons. The predicted molar refractivity (Wildman–Crippen MR) is 54.7 cm³/mol. The molecule has 0 aromatic rings. The summed E-state index contributed by atoms with van der Waals surface area (Å²) in [7, 11) is 0. The van der Waals surface area contributed by atoms with Crippen LogP contribution in [-0.2, 0) is 0 Å². The summed E-state index contributed by atoms with van der Waals surface area (Å²) in [6.45, 7) is 0. The molecule has 12 heavy (non-hydrogen) atoms. The van der Waals surface area contributed by atoms with Gasteiger partial charge in [0.2, 0.25) is 0 Å². The highest BCUT2D eigenvalue weighted by molar-refractivity contribution is 5.11. The Labute approximate surface area is 75.0 Å². The maximum atomic E-state index is 2.20. The normalized spacial score (nSPS) is 29.3. The molecule has 0 nitrogen and oxygen atoms in total. The van der Waals surface area contributed by atoms with Crippen molar-refractivity contribution >= 4 is 0 Å². The Bertz CT molecular complexity index is 204. The van der Waals surface area contributed by atoms with Crippen molar-refractivity contribution in [2.24, 2.45) is 0 Å². The number of rotatable bonds is 0. The van der Waals surface area contributed by atoms with Gasteiger partial charge < -0.3 is 0 Å². The van der Waals surface area contributed by atoms with Crippen molar-refractivity contribution in [3.05, 3.63) is 55.0 Å². The predicted octanol–water partition coefficient (Wildman–Crippen LogP) is 3.60. The van der Waals surface area contributed by atoms with E-state index >= 15 is 0 Å². The van der Waals surface area contributed by atoms with Crippen molar-refractivity contribution in [2.45, 2.75) is 19.3 Å². The largest absolute Gasteiger partial charge is 0.0876 e. The summed E-state index contributed by atoms with van der Waals surface area (Å²) in [4.78, 5) is 0. The van der Waals surface area contributed by atoms with E-state index in [1.165, 1.54) is 0 Å². The first-order valence-corrected chi connectivity index (χ1v) is 4.45. The Hall–Kier alpha value is -1.04. The average Bonchev–Trinajstić information content (AvgIpc) is 2.05. The zero-order valence-corrected chi connectivity index (χ0v) is 7.32. The van der Waals surface area contributed by atoms with Crippen LogP contribution in [0.1, 0.15) is 19.3 Å². The molecule has 0 unspecified atom stereocenters. The van der Waals surface area contributed by atoms with E-state index < -0.39 is 0 Å². The van der Waals surface area contributed by atoms with Crippen LogP contribution in [-0.4, -0.2) is 0 Å². The van der Waals surface area contributed by atoms with Crippen LogP contribution < -0.4 is 0 Å². The maximum absolute atomic E-state index is 2.20. The van der Waals surface area contributed by atoms with E-state index in [4.69, 9.17) is 0 Å². The molecule has 0 aromatic carbocycles. The zero-order chi connectivity index (χ0) is 8.49. The third-order valence-electron chi connectivity index (χ3n) is 1.64. The van der Waals surface area contributed by atoms with Crippen molar-refractivity contribution in [1.82, 2.24) is 0 Å². The molecule has 1 aliphatic rings. The topological polar surface area (TPSA) is 0 Å². The molecule has 0 heterocycles. The van der Waals surface area contributed by atoms with Gasteiger partial charge in [-0.25, -0.2) is 0 Å². The minimum absolute atomic E-state index is 1.04. The first-order valence-electron chi connectivity index (χ1n) is 4.45. The van der Waals surface area contributed by atoms with E-state index in [1.54, 1.807) is 0 Å². The van der Waals surface area contributed by atoms with Gasteiger partial charge in [0, 0.05) is 0 Å². The second kappa shape index (κ2) is 6.66. The SMILES string of the molecule is [CH]1/C=C/C=C\C/C=C/C/C=C/C1. The van der Waals surface area contributed by atoms with Gasteiger partial charge in [0.15, 0.2) is 0 Å². The van der Waals surface area contributed by atoms with Crippen LogP contribution in [0, 0.1) is 6.42 Å². The van der Waals surface area contributed by atoms with E-state index in [0.29, 0.717) is 0 Å². The lowest BCUT2D eigenvalue weighted by atomic mass is 10.2. The van der Waals surface area contributed by atoms with E-state index in [9.17, 15) is 0 Å². The van der Waals surface area contributed by atoms with Gasteiger partial charge in [-0.3, -0.25) is 0 Å². The molecule has 63 valence electrons. The molecule has 1 aliphatic carbocycles. The van der Waals surface area contributed by atoms with Gasteiger partial charge in [-0.1, -0.05) is 48.6 Å². The van der Waals surface area contributed by atoms with Crippen molar-refractivity contribution in [3.63, 3.8) is 0 Å². The molecule has 0 amide bonds. The van der Waals surface area contributed by atoms with E-state index in [1.807, 2.05) is 0 Å². The first-order chi connectivity index (χ1) is 6.00. The van der Waals surface area contributed by atoms with Crippen LogP contribution in [0.15, 0.2) is 48.6 Å². The smallest absolute Gasteiger partial charge is 0.0130 e. The lowest BCUT2D eigenvalue weighted by molar-refractivity contribution is 1.23. The van der Waals surface area contributed by atoms with Crippen LogP contribution in [0.5, 0.6) is 0 Å². The molecule has 0 aliphatic heterocycles. The summed E-state index contributed by atoms with van der Waals surface area (Å²) in [5, 5.41) is 0. The number of allylic oxidation sites excluding steroid dienone is 8. The van der Waals surface area contributed by atoms with Gasteiger partial charge in [0.25, 0.3) is 0 Å². The van der Waals surface area contributed by atoms with Gasteiger partial charge >= 0.3 is 0 Å². The van der Waals surface area contributed by atoms with E-state index in [2.05, 4.69) is 55.0 Å². The zero-order valence-electron chi connectivity index (χ0n) is 7.32. The van der Waals surface area contributed by atoms with Crippen LogP contribution in [0.4, 0.5) is 0 Å². The lowest BCUT2D eigenvalue weighted by Gasteiger charge is -1.87. The quantitative estimate of drug-likeness (QED) is 0.474. The lowest BCUT2D eigenvalue weighted by Crippen LogP contribution is -1.68. The third kappa shape index (κ3) is 4.73. The Kier molecular flexibility index (Phi) is 5.02. The average molecular weight is 159 g/mol. The highest BCUT2D eigenvalue weighted by Gasteiger charge is 1.78. The van der Waals surface area contributed by atoms with Crippen LogP contribution in [0.25, 0.3) is 0 Å². The summed E-state index contributed by atoms with van der Waals surface area (Å²) < 4.78 is 0. The molecule has 0 N–H and O–H groups in total. The van der Waals surface area contributed by atoms with Crippen LogP contribution >= 0.6 is 0 Å². The first kappa shape index (κ1) is 9.05. The Morgan fingerprint density at radius 2 is 1.17 bits per heavy atom. The highest BCUT2D eigenvalue weighted by Crippen LogP contribution is 1.97. The Morgan fingerprint density at radius 1 is 0.500 bits per heavy atom. The standard InChI is InChI=1S/C12H15/c1-2-4-6-8-10-12-11-9-7-5-3-1/h1-5,8-11H,6-7,12H2/b2-1+,5-3-,10-8+,11-9+. The fourth-order valence-electron chi connectivity index (χ4n) is 0.999. The van der Waals surface area contributed by atoms with Crippen molar-refractivity contribution < 1.29 is 0 Å². The monoisotopic (exact) mass is 159 g/mol. The molecule has 0 spiro atoms. The summed E-state index contributed by atoms with van der Waals surface area (Å²) >= 11 is 0. The molecular formula is C12H15. The van der Waals surface area contributed by atoms with Gasteiger partial charge in [-0.15, -0.1) is 0 Å². The fourth-order valence-corrected chi connectivity index (χ4v) is 0.999. The summed E-state index contributed by atoms with van der Waals surface area (Å²) in [6.07, 6.45) is 22.5. The third-order valence-corrected chi connectivity index (χ3v) is 1.64. The molecule has 0 saturated carbocycles. The van der Waals surface area contributed by atoms with Crippen molar-refractivity contribution in [1.29, 1.82) is 0 Å². The minimum atomic E-state index is 1.04. The molecule has 1 rings (SSSR count). The van der Waals surface area contributed by atoms with Gasteiger partial charge in [-0.2, -0.15) is 0 Å². The van der Waals surface area contributed by atoms with Crippen LogP contribution in [0.3, 0.4) is 0 Å². The van der Waals surface area contributed by atoms with Gasteiger partial charge in [-0.05, 0) is 25.7 Å². The van der Waals surface area contributed by atoms with E-state index in [-0.39, 0.29) is 0 Å². The number of hydrogen-bond donors (Lipinski definition) is 0.